The minimum Gasteiger partial charge on any atom is -0.350 e. The van der Waals surface area contributed by atoms with Crippen molar-refractivity contribution in [1.29, 1.82) is 0 Å². The highest BCUT2D eigenvalue weighted by Gasteiger charge is 2.22. The summed E-state index contributed by atoms with van der Waals surface area (Å²) >= 11 is 1.59. The lowest BCUT2D eigenvalue weighted by atomic mass is 10.1. The highest BCUT2D eigenvalue weighted by Crippen LogP contribution is 2.24. The number of rotatable bonds is 5. The van der Waals surface area contributed by atoms with Crippen LogP contribution < -0.4 is 5.32 Å². The first-order valence-electron chi connectivity index (χ1n) is 10.2. The van der Waals surface area contributed by atoms with Crippen LogP contribution in [0.1, 0.15) is 27.2 Å². The molecule has 0 spiro atoms. The molecule has 156 valence electrons. The molecule has 0 unspecified atom stereocenters. The van der Waals surface area contributed by atoms with Crippen LogP contribution in [0.3, 0.4) is 0 Å². The van der Waals surface area contributed by atoms with E-state index in [0.29, 0.717) is 18.8 Å². The molecule has 1 aliphatic rings. The lowest BCUT2D eigenvalue weighted by molar-refractivity contribution is -0.128. The van der Waals surface area contributed by atoms with Crippen molar-refractivity contribution < 1.29 is 9.59 Å². The average Bonchev–Trinajstić information content (AvgIpc) is 2.90. The average molecular weight is 414 g/mol. The molecule has 0 atom stereocenters. The third-order valence-corrected chi connectivity index (χ3v) is 5.88. The van der Waals surface area contributed by atoms with Crippen molar-refractivity contribution in [2.45, 2.75) is 37.6 Å². The molecule has 5 nitrogen and oxygen atoms in total. The fourth-order valence-electron chi connectivity index (χ4n) is 3.53. The van der Waals surface area contributed by atoms with E-state index in [2.05, 4.69) is 40.5 Å². The standard InChI is InChI=1S/C23H31N3O2S/c1-23(2,3)24-21(27)16-25-11-6-12-26(14-13-25)22(28)17-29-20-10-9-18-7-4-5-8-19(18)15-20/h4-5,7-10,15H,6,11-14,16-17H2,1-3H3,(H,24,27). The predicted molar refractivity (Wildman–Crippen MR) is 120 cm³/mol. The maximum Gasteiger partial charge on any atom is 0.234 e. The Kier molecular flexibility index (Phi) is 7.19. The zero-order valence-corrected chi connectivity index (χ0v) is 18.4. The first kappa shape index (κ1) is 21.7. The van der Waals surface area contributed by atoms with Crippen molar-refractivity contribution in [2.24, 2.45) is 0 Å². The Hall–Kier alpha value is -2.05. The van der Waals surface area contributed by atoms with Gasteiger partial charge in [0.05, 0.1) is 12.3 Å². The van der Waals surface area contributed by atoms with Gasteiger partial charge >= 0.3 is 0 Å². The molecule has 0 bridgehead atoms. The number of hydrogen-bond acceptors (Lipinski definition) is 4. The number of benzene rings is 2. The fraction of sp³-hybridized carbons (Fsp3) is 0.478. The van der Waals surface area contributed by atoms with Gasteiger partial charge in [0.1, 0.15) is 0 Å². The Morgan fingerprint density at radius 1 is 1.00 bits per heavy atom. The van der Waals surface area contributed by atoms with Crippen molar-refractivity contribution >= 4 is 34.3 Å². The fourth-order valence-corrected chi connectivity index (χ4v) is 4.38. The summed E-state index contributed by atoms with van der Waals surface area (Å²) in [5, 5.41) is 5.42. The summed E-state index contributed by atoms with van der Waals surface area (Å²) in [6, 6.07) is 14.6. The molecular weight excluding hydrogens is 382 g/mol. The Balaban J connectivity index is 1.48. The molecular formula is C23H31N3O2S. The van der Waals surface area contributed by atoms with E-state index in [1.54, 1.807) is 11.8 Å². The van der Waals surface area contributed by atoms with Crippen LogP contribution in [0.15, 0.2) is 47.4 Å². The van der Waals surface area contributed by atoms with Crippen LogP contribution in [0.5, 0.6) is 0 Å². The van der Waals surface area contributed by atoms with Crippen LogP contribution in [-0.2, 0) is 9.59 Å². The minimum atomic E-state index is -0.217. The molecule has 1 heterocycles. The van der Waals surface area contributed by atoms with Crippen LogP contribution in [0.4, 0.5) is 0 Å². The molecule has 2 aromatic carbocycles. The van der Waals surface area contributed by atoms with Crippen molar-refractivity contribution in [2.75, 3.05) is 38.5 Å². The molecule has 3 rings (SSSR count). The Labute approximate surface area is 177 Å². The summed E-state index contributed by atoms with van der Waals surface area (Å²) in [4.78, 5) is 30.1. The zero-order chi connectivity index (χ0) is 20.9. The van der Waals surface area contributed by atoms with Gasteiger partial charge in [-0.05, 0) is 50.1 Å². The molecule has 0 aromatic heterocycles. The molecule has 1 fully saturated rings. The summed E-state index contributed by atoms with van der Waals surface area (Å²) in [6.45, 7) is 9.38. The number of carbonyl (C=O) groups excluding carboxylic acids is 2. The van der Waals surface area contributed by atoms with Gasteiger partial charge in [-0.3, -0.25) is 14.5 Å². The van der Waals surface area contributed by atoms with Gasteiger partial charge in [-0.15, -0.1) is 11.8 Å². The van der Waals surface area contributed by atoms with E-state index in [1.807, 2.05) is 37.8 Å². The van der Waals surface area contributed by atoms with Gasteiger partial charge in [0.15, 0.2) is 0 Å². The van der Waals surface area contributed by atoms with E-state index in [4.69, 9.17) is 0 Å². The maximum atomic E-state index is 12.7. The number of nitrogens with one attached hydrogen (secondary N) is 1. The van der Waals surface area contributed by atoms with E-state index < -0.39 is 0 Å². The highest BCUT2D eigenvalue weighted by molar-refractivity contribution is 8.00. The normalized spacial score (nSPS) is 15.9. The van der Waals surface area contributed by atoms with Gasteiger partial charge in [0, 0.05) is 36.6 Å². The summed E-state index contributed by atoms with van der Waals surface area (Å²) in [7, 11) is 0. The van der Waals surface area contributed by atoms with Crippen molar-refractivity contribution in [3.05, 3.63) is 42.5 Å². The largest absolute Gasteiger partial charge is 0.350 e. The number of thioether (sulfide) groups is 1. The molecule has 0 aliphatic carbocycles. The van der Waals surface area contributed by atoms with E-state index in [-0.39, 0.29) is 17.4 Å². The molecule has 2 amide bonds. The number of amides is 2. The Morgan fingerprint density at radius 2 is 1.76 bits per heavy atom. The SMILES string of the molecule is CC(C)(C)NC(=O)CN1CCCN(C(=O)CSc2ccc3ccccc3c2)CC1. The first-order valence-corrected chi connectivity index (χ1v) is 11.2. The quantitative estimate of drug-likeness (QED) is 0.764. The molecule has 0 radical (unpaired) electrons. The second-order valence-corrected chi connectivity index (χ2v) is 9.66. The molecule has 1 saturated heterocycles. The van der Waals surface area contributed by atoms with Crippen LogP contribution in [0.2, 0.25) is 0 Å². The van der Waals surface area contributed by atoms with E-state index in [9.17, 15) is 9.59 Å². The van der Waals surface area contributed by atoms with Crippen molar-refractivity contribution in [1.82, 2.24) is 15.1 Å². The van der Waals surface area contributed by atoms with E-state index >= 15 is 0 Å². The molecule has 1 aliphatic heterocycles. The van der Waals surface area contributed by atoms with Crippen LogP contribution >= 0.6 is 11.8 Å². The summed E-state index contributed by atoms with van der Waals surface area (Å²) in [6.07, 6.45) is 0.898. The van der Waals surface area contributed by atoms with Gasteiger partial charge < -0.3 is 10.2 Å². The first-order chi connectivity index (χ1) is 13.8. The molecule has 2 aromatic rings. The smallest absolute Gasteiger partial charge is 0.234 e. The number of carbonyl (C=O) groups is 2. The second kappa shape index (κ2) is 9.63. The van der Waals surface area contributed by atoms with Crippen LogP contribution in [0.25, 0.3) is 10.8 Å². The lowest BCUT2D eigenvalue weighted by Crippen LogP contribution is -2.46. The van der Waals surface area contributed by atoms with Crippen molar-refractivity contribution in [3.8, 4) is 0 Å². The maximum absolute atomic E-state index is 12.7. The number of fused-ring (bicyclic) bond motifs is 1. The summed E-state index contributed by atoms with van der Waals surface area (Å²) in [5.41, 5.74) is -0.217. The monoisotopic (exact) mass is 413 g/mol. The van der Waals surface area contributed by atoms with Gasteiger partial charge in [-0.2, -0.15) is 0 Å². The number of hydrogen-bond donors (Lipinski definition) is 1. The molecule has 6 heteroatoms. The van der Waals surface area contributed by atoms with E-state index in [1.165, 1.54) is 10.8 Å². The van der Waals surface area contributed by atoms with E-state index in [0.717, 1.165) is 31.0 Å². The highest BCUT2D eigenvalue weighted by atomic mass is 32.2. The predicted octanol–water partition coefficient (Wildman–Crippen LogP) is 3.38. The molecule has 29 heavy (non-hydrogen) atoms. The Bertz CT molecular complexity index is 863. The third kappa shape index (κ3) is 6.75. The van der Waals surface area contributed by atoms with Gasteiger partial charge in [-0.1, -0.05) is 30.3 Å². The Morgan fingerprint density at radius 3 is 2.52 bits per heavy atom. The summed E-state index contributed by atoms with van der Waals surface area (Å²) < 4.78 is 0. The van der Waals surface area contributed by atoms with Gasteiger partial charge in [0.25, 0.3) is 0 Å². The van der Waals surface area contributed by atoms with Gasteiger partial charge in [0.2, 0.25) is 11.8 Å². The van der Waals surface area contributed by atoms with Crippen LogP contribution in [-0.4, -0.2) is 65.6 Å². The third-order valence-electron chi connectivity index (χ3n) is 4.91. The number of nitrogens with zero attached hydrogens (tertiary/aromatic N) is 2. The topological polar surface area (TPSA) is 52.7 Å². The van der Waals surface area contributed by atoms with Crippen LogP contribution in [0, 0.1) is 0 Å². The minimum absolute atomic E-state index is 0.0455. The summed E-state index contributed by atoms with van der Waals surface area (Å²) in [5.74, 6) is 0.663. The zero-order valence-electron chi connectivity index (χ0n) is 17.6. The molecule has 1 N–H and O–H groups in total. The van der Waals surface area contributed by atoms with Crippen molar-refractivity contribution in [3.63, 3.8) is 0 Å². The molecule has 0 saturated carbocycles. The van der Waals surface area contributed by atoms with Gasteiger partial charge in [-0.25, -0.2) is 0 Å². The second-order valence-electron chi connectivity index (χ2n) is 8.61. The lowest BCUT2D eigenvalue weighted by Gasteiger charge is -2.25.